The molecule has 3 fully saturated rings. The van der Waals surface area contributed by atoms with E-state index >= 15 is 0 Å². The van der Waals surface area contributed by atoms with Crippen LogP contribution in [0.4, 0.5) is 5.69 Å². The van der Waals surface area contributed by atoms with Crippen molar-refractivity contribution in [3.8, 4) is 0 Å². The van der Waals surface area contributed by atoms with E-state index in [0.29, 0.717) is 42.1 Å². The molecule has 7 heteroatoms. The molecule has 4 atom stereocenters. The van der Waals surface area contributed by atoms with Gasteiger partial charge in [0.2, 0.25) is 11.8 Å². The lowest BCUT2D eigenvalue weighted by Gasteiger charge is -2.38. The Bertz CT molecular complexity index is 822. The number of carbonyl (C=O) groups excluding carboxylic acids is 3. The Labute approximate surface area is 177 Å². The molecule has 0 bridgehead atoms. The largest absolute Gasteiger partial charge is 0.376 e. The first kappa shape index (κ1) is 20.8. The molecule has 4 rings (SSSR count). The topological polar surface area (TPSA) is 87.7 Å². The van der Waals surface area contributed by atoms with Gasteiger partial charge in [0.15, 0.2) is 0 Å². The van der Waals surface area contributed by atoms with Gasteiger partial charge in [-0.1, -0.05) is 6.07 Å². The molecule has 0 radical (unpaired) electrons. The summed E-state index contributed by atoms with van der Waals surface area (Å²) in [5.41, 5.74) is 1.21. The summed E-state index contributed by atoms with van der Waals surface area (Å²) in [7, 11) is 0. The number of amides is 3. The molecule has 1 heterocycles. The minimum atomic E-state index is -0.159. The molecule has 1 saturated heterocycles. The molecule has 162 valence electrons. The zero-order valence-electron chi connectivity index (χ0n) is 17.7. The van der Waals surface area contributed by atoms with Gasteiger partial charge >= 0.3 is 0 Å². The maximum atomic E-state index is 13.1. The Morgan fingerprint density at radius 2 is 1.80 bits per heavy atom. The number of likely N-dealkylation sites (tertiary alicyclic amines) is 1. The fraction of sp³-hybridized carbons (Fsp3) is 0.609. The molecule has 1 aromatic rings. The third-order valence-electron chi connectivity index (χ3n) is 6.47. The van der Waals surface area contributed by atoms with Crippen LogP contribution in [0.25, 0.3) is 0 Å². The molecule has 0 aromatic heterocycles. The van der Waals surface area contributed by atoms with Gasteiger partial charge < -0.3 is 20.3 Å². The van der Waals surface area contributed by atoms with Crippen LogP contribution in [0, 0.1) is 17.8 Å². The molecule has 2 saturated carbocycles. The van der Waals surface area contributed by atoms with Gasteiger partial charge in [0.25, 0.3) is 5.91 Å². The van der Waals surface area contributed by atoms with Crippen molar-refractivity contribution < 1.29 is 19.1 Å². The highest BCUT2D eigenvalue weighted by Gasteiger charge is 2.44. The van der Waals surface area contributed by atoms with E-state index in [9.17, 15) is 14.4 Å². The van der Waals surface area contributed by atoms with Crippen molar-refractivity contribution in [3.05, 3.63) is 29.8 Å². The molecule has 3 aliphatic rings. The summed E-state index contributed by atoms with van der Waals surface area (Å²) < 4.78 is 6.20. The summed E-state index contributed by atoms with van der Waals surface area (Å²) in [5.74, 6) is 1.24. The van der Waals surface area contributed by atoms with E-state index in [2.05, 4.69) is 10.6 Å². The van der Waals surface area contributed by atoms with E-state index in [-0.39, 0.29) is 29.9 Å². The molecule has 2 N–H and O–H groups in total. The van der Waals surface area contributed by atoms with Crippen LogP contribution in [-0.2, 0) is 14.3 Å². The average molecular weight is 414 g/mol. The highest BCUT2D eigenvalue weighted by atomic mass is 16.5. The number of rotatable bonds is 6. The third kappa shape index (κ3) is 5.01. The van der Waals surface area contributed by atoms with Crippen LogP contribution in [0.3, 0.4) is 0 Å². The number of ether oxygens (including phenoxy) is 1. The Balaban J connectivity index is 1.42. The lowest BCUT2D eigenvalue weighted by Crippen LogP contribution is -2.50. The van der Waals surface area contributed by atoms with Crippen molar-refractivity contribution in [2.75, 3.05) is 25.0 Å². The summed E-state index contributed by atoms with van der Waals surface area (Å²) in [6, 6.07) is 7.10. The third-order valence-corrected chi connectivity index (χ3v) is 6.47. The first-order valence-corrected chi connectivity index (χ1v) is 10.9. The second-order valence-corrected chi connectivity index (χ2v) is 9.09. The van der Waals surface area contributed by atoms with Gasteiger partial charge in [-0.25, -0.2) is 0 Å². The summed E-state index contributed by atoms with van der Waals surface area (Å²) in [5, 5.41) is 5.81. The molecule has 30 heavy (non-hydrogen) atoms. The minimum absolute atomic E-state index is 0.0110. The van der Waals surface area contributed by atoms with Crippen molar-refractivity contribution in [1.29, 1.82) is 0 Å². The molecule has 0 spiro atoms. The number of anilines is 1. The van der Waals surface area contributed by atoms with E-state index in [1.54, 1.807) is 31.2 Å². The maximum Gasteiger partial charge on any atom is 0.253 e. The molecule has 0 unspecified atom stereocenters. The minimum Gasteiger partial charge on any atom is -0.376 e. The number of nitrogens with zero attached hydrogens (tertiary/aromatic N) is 1. The smallest absolute Gasteiger partial charge is 0.253 e. The Morgan fingerprint density at radius 1 is 1.07 bits per heavy atom. The molecule has 1 aliphatic heterocycles. The van der Waals surface area contributed by atoms with Crippen LogP contribution in [-0.4, -0.2) is 54.5 Å². The van der Waals surface area contributed by atoms with Crippen LogP contribution >= 0.6 is 0 Å². The van der Waals surface area contributed by atoms with Gasteiger partial charge in [0.1, 0.15) is 0 Å². The van der Waals surface area contributed by atoms with Crippen molar-refractivity contribution in [1.82, 2.24) is 10.2 Å². The quantitative estimate of drug-likeness (QED) is 0.750. The van der Waals surface area contributed by atoms with Crippen LogP contribution in [0.1, 0.15) is 49.9 Å². The van der Waals surface area contributed by atoms with Gasteiger partial charge in [-0.3, -0.25) is 14.4 Å². The predicted molar refractivity (Wildman–Crippen MR) is 113 cm³/mol. The fourth-order valence-electron chi connectivity index (χ4n) is 4.84. The van der Waals surface area contributed by atoms with Gasteiger partial charge in [0, 0.05) is 44.8 Å². The molecule has 1 aromatic carbocycles. The van der Waals surface area contributed by atoms with Crippen molar-refractivity contribution in [2.45, 2.75) is 51.7 Å². The van der Waals surface area contributed by atoms with Crippen molar-refractivity contribution in [3.63, 3.8) is 0 Å². The first-order valence-electron chi connectivity index (χ1n) is 10.9. The van der Waals surface area contributed by atoms with Crippen molar-refractivity contribution in [2.24, 2.45) is 17.8 Å². The van der Waals surface area contributed by atoms with E-state index in [0.717, 1.165) is 19.4 Å². The standard InChI is InChI=1S/C23H31N3O4/c1-14(27)24-20-5-3-4-17(8-20)23(29)26-11-18-9-21(25-15(2)28)22(10-19(18)12-26)30-13-16-6-7-16/h3-5,8,16,18-19,21-22H,6-7,9-13H2,1-2H3,(H,24,27)(H,25,28)/t18-,19+,21-,22-/m1/s1. The molecule has 2 aliphatic carbocycles. The molecular formula is C23H31N3O4. The normalized spacial score (nSPS) is 28.0. The maximum absolute atomic E-state index is 13.1. The number of hydrogen-bond acceptors (Lipinski definition) is 4. The highest BCUT2D eigenvalue weighted by Crippen LogP contribution is 2.39. The van der Waals surface area contributed by atoms with E-state index in [4.69, 9.17) is 4.74 Å². The van der Waals surface area contributed by atoms with E-state index in [1.165, 1.54) is 19.8 Å². The Kier molecular flexibility index (Phi) is 6.09. The molecule has 7 nitrogen and oxygen atoms in total. The Hall–Kier alpha value is -2.41. The number of hydrogen-bond donors (Lipinski definition) is 2. The summed E-state index contributed by atoms with van der Waals surface area (Å²) in [6.45, 7) is 5.18. The van der Waals surface area contributed by atoms with E-state index < -0.39 is 0 Å². The lowest BCUT2D eigenvalue weighted by molar-refractivity contribution is -0.122. The van der Waals surface area contributed by atoms with Gasteiger partial charge in [-0.2, -0.15) is 0 Å². The van der Waals surface area contributed by atoms with Crippen LogP contribution in [0.2, 0.25) is 0 Å². The summed E-state index contributed by atoms with van der Waals surface area (Å²) >= 11 is 0. The zero-order valence-corrected chi connectivity index (χ0v) is 17.7. The predicted octanol–water partition coefficient (Wildman–Crippen LogP) is 2.43. The first-order chi connectivity index (χ1) is 14.4. The van der Waals surface area contributed by atoms with Crippen molar-refractivity contribution >= 4 is 23.4 Å². The number of nitrogens with one attached hydrogen (secondary N) is 2. The number of benzene rings is 1. The average Bonchev–Trinajstić information content (AvgIpc) is 3.43. The lowest BCUT2D eigenvalue weighted by atomic mass is 9.77. The van der Waals surface area contributed by atoms with Gasteiger partial charge in [-0.05, 0) is 61.6 Å². The highest BCUT2D eigenvalue weighted by molar-refractivity contribution is 5.97. The summed E-state index contributed by atoms with van der Waals surface area (Å²) in [4.78, 5) is 38.0. The van der Waals surface area contributed by atoms with Crippen LogP contribution < -0.4 is 10.6 Å². The number of carbonyl (C=O) groups is 3. The molecule has 3 amide bonds. The SMILES string of the molecule is CC(=O)Nc1cccc(C(=O)N2C[C@H]3C[C@@H](NC(C)=O)[C@H](OCC4CC4)C[C@H]3C2)c1. The second kappa shape index (κ2) is 8.76. The second-order valence-electron chi connectivity index (χ2n) is 9.09. The van der Waals surface area contributed by atoms with Gasteiger partial charge in [0.05, 0.1) is 12.1 Å². The fourth-order valence-corrected chi connectivity index (χ4v) is 4.84. The summed E-state index contributed by atoms with van der Waals surface area (Å²) in [6.07, 6.45) is 4.22. The molecular weight excluding hydrogens is 382 g/mol. The van der Waals surface area contributed by atoms with Crippen LogP contribution in [0.15, 0.2) is 24.3 Å². The Morgan fingerprint density at radius 3 is 2.47 bits per heavy atom. The van der Waals surface area contributed by atoms with Crippen LogP contribution in [0.5, 0.6) is 0 Å². The van der Waals surface area contributed by atoms with E-state index in [1.807, 2.05) is 4.90 Å². The zero-order chi connectivity index (χ0) is 21.3. The number of fused-ring (bicyclic) bond motifs is 1. The van der Waals surface area contributed by atoms with Gasteiger partial charge in [-0.15, -0.1) is 0 Å². The monoisotopic (exact) mass is 413 g/mol.